The van der Waals surface area contributed by atoms with E-state index < -0.39 is 5.60 Å². The molecule has 1 aromatic carbocycles. The third-order valence-corrected chi connectivity index (χ3v) is 3.24. The van der Waals surface area contributed by atoms with E-state index in [1.54, 1.807) is 13.8 Å². The van der Waals surface area contributed by atoms with Gasteiger partial charge in [-0.2, -0.15) is 0 Å². The molecule has 0 radical (unpaired) electrons. The van der Waals surface area contributed by atoms with E-state index in [2.05, 4.69) is 5.32 Å². The number of likely N-dealkylation sites (N-methyl/N-ethyl adjacent to an activating group) is 1. The number of hydrogen-bond acceptors (Lipinski definition) is 4. The summed E-state index contributed by atoms with van der Waals surface area (Å²) in [6.07, 6.45) is 0.269. The number of anilines is 2. The van der Waals surface area contributed by atoms with Crippen LogP contribution >= 0.6 is 23.2 Å². The van der Waals surface area contributed by atoms with E-state index >= 15 is 0 Å². The van der Waals surface area contributed by atoms with E-state index in [9.17, 15) is 9.90 Å². The largest absolute Gasteiger partial charge is 0.397 e. The van der Waals surface area contributed by atoms with Crippen LogP contribution in [-0.4, -0.2) is 41.7 Å². The first-order valence-electron chi connectivity index (χ1n) is 6.54. The third-order valence-electron chi connectivity index (χ3n) is 2.73. The molecule has 0 heterocycles. The Bertz CT molecular complexity index is 492. The quantitative estimate of drug-likeness (QED) is 0.699. The minimum Gasteiger partial charge on any atom is -0.397 e. The van der Waals surface area contributed by atoms with Crippen LogP contribution in [-0.2, 0) is 4.79 Å². The number of rotatable bonds is 6. The normalized spacial score (nSPS) is 11.8. The summed E-state index contributed by atoms with van der Waals surface area (Å²) in [5.41, 5.74) is 5.68. The van der Waals surface area contributed by atoms with E-state index in [0.29, 0.717) is 34.5 Å². The summed E-state index contributed by atoms with van der Waals surface area (Å²) in [7, 11) is 1.84. The first kappa shape index (κ1) is 18.0. The highest BCUT2D eigenvalue weighted by Crippen LogP contribution is 2.32. The number of nitrogen functional groups attached to an aromatic ring is 1. The summed E-state index contributed by atoms with van der Waals surface area (Å²) in [6, 6.07) is 3.05. The van der Waals surface area contributed by atoms with Gasteiger partial charge < -0.3 is 21.1 Å². The first-order valence-corrected chi connectivity index (χ1v) is 7.29. The molecule has 0 atom stereocenters. The highest BCUT2D eigenvalue weighted by Gasteiger charge is 2.16. The average molecular weight is 334 g/mol. The Morgan fingerprint density at radius 1 is 1.43 bits per heavy atom. The molecule has 0 spiro atoms. The number of amides is 1. The number of carbonyl (C=O) groups excluding carboxylic acids is 1. The Hall–Kier alpha value is -1.01. The molecule has 5 nitrogen and oxygen atoms in total. The van der Waals surface area contributed by atoms with Gasteiger partial charge in [0.25, 0.3) is 0 Å². The van der Waals surface area contributed by atoms with Crippen molar-refractivity contribution in [2.45, 2.75) is 25.9 Å². The lowest BCUT2D eigenvalue weighted by Crippen LogP contribution is -2.37. The van der Waals surface area contributed by atoms with Crippen molar-refractivity contribution in [3.63, 3.8) is 0 Å². The molecule has 118 valence electrons. The number of halogens is 2. The number of hydrogen-bond donors (Lipinski definition) is 3. The molecular formula is C14H21Cl2N3O2. The van der Waals surface area contributed by atoms with Gasteiger partial charge in [-0.1, -0.05) is 23.2 Å². The summed E-state index contributed by atoms with van der Waals surface area (Å²) in [4.78, 5) is 13.8. The fourth-order valence-corrected chi connectivity index (χ4v) is 2.52. The van der Waals surface area contributed by atoms with Crippen LogP contribution in [0.1, 0.15) is 20.3 Å². The molecule has 0 aliphatic carbocycles. The minimum absolute atomic E-state index is 0.200. The van der Waals surface area contributed by atoms with Crippen molar-refractivity contribution in [1.82, 2.24) is 4.90 Å². The second-order valence-corrected chi connectivity index (χ2v) is 6.54. The molecule has 1 rings (SSSR count). The van der Waals surface area contributed by atoms with Crippen LogP contribution in [0.15, 0.2) is 12.1 Å². The topological polar surface area (TPSA) is 78.6 Å². The maximum atomic E-state index is 11.9. The fourth-order valence-electron chi connectivity index (χ4n) is 1.96. The molecule has 7 heteroatoms. The molecule has 0 unspecified atom stereocenters. The molecule has 1 amide bonds. The van der Waals surface area contributed by atoms with Crippen molar-refractivity contribution < 1.29 is 9.90 Å². The molecule has 0 aliphatic heterocycles. The van der Waals surface area contributed by atoms with Gasteiger partial charge >= 0.3 is 0 Å². The van der Waals surface area contributed by atoms with Gasteiger partial charge in [-0.25, -0.2) is 0 Å². The van der Waals surface area contributed by atoms with Crippen LogP contribution in [0, 0.1) is 0 Å². The fraction of sp³-hybridized carbons (Fsp3) is 0.500. The van der Waals surface area contributed by atoms with Crippen molar-refractivity contribution in [2.24, 2.45) is 0 Å². The van der Waals surface area contributed by atoms with Crippen LogP contribution in [0.5, 0.6) is 0 Å². The molecule has 0 aromatic heterocycles. The lowest BCUT2D eigenvalue weighted by Gasteiger charge is -2.25. The van der Waals surface area contributed by atoms with Crippen LogP contribution in [0.4, 0.5) is 11.4 Å². The number of nitrogens with two attached hydrogens (primary N) is 1. The Morgan fingerprint density at radius 2 is 2.05 bits per heavy atom. The highest BCUT2D eigenvalue weighted by molar-refractivity contribution is 6.37. The standard InChI is InChI=1S/C14H21Cl2N3O2/c1-14(2,21)8-19(3)5-4-12(20)18-13-10(16)6-9(15)7-11(13)17/h6-7,21H,4-5,8,17H2,1-3H3,(H,18,20). The SMILES string of the molecule is CN(CCC(=O)Nc1c(N)cc(Cl)cc1Cl)CC(C)(C)O. The Kier molecular flexibility index (Phi) is 6.28. The van der Waals surface area contributed by atoms with E-state index in [4.69, 9.17) is 28.9 Å². The average Bonchev–Trinajstić information content (AvgIpc) is 2.29. The van der Waals surface area contributed by atoms with Crippen molar-refractivity contribution in [2.75, 3.05) is 31.2 Å². The molecule has 1 aromatic rings. The van der Waals surface area contributed by atoms with E-state index in [0.717, 1.165) is 0 Å². The van der Waals surface area contributed by atoms with Gasteiger partial charge in [-0.05, 0) is 33.0 Å². The van der Waals surface area contributed by atoms with E-state index in [1.807, 2.05) is 11.9 Å². The van der Waals surface area contributed by atoms with E-state index in [1.165, 1.54) is 12.1 Å². The zero-order valence-corrected chi connectivity index (χ0v) is 13.9. The first-order chi connectivity index (χ1) is 9.58. The zero-order valence-electron chi connectivity index (χ0n) is 12.4. The van der Waals surface area contributed by atoms with Crippen molar-refractivity contribution >= 4 is 40.5 Å². The number of carbonyl (C=O) groups is 1. The summed E-state index contributed by atoms with van der Waals surface area (Å²) in [6.45, 7) is 4.43. The number of benzene rings is 1. The lowest BCUT2D eigenvalue weighted by molar-refractivity contribution is -0.116. The number of nitrogens with zero attached hydrogens (tertiary/aromatic N) is 1. The summed E-state index contributed by atoms with van der Waals surface area (Å²) >= 11 is 11.8. The molecular weight excluding hydrogens is 313 g/mol. The molecule has 21 heavy (non-hydrogen) atoms. The molecule has 0 aliphatic rings. The summed E-state index contributed by atoms with van der Waals surface area (Å²) < 4.78 is 0. The van der Waals surface area contributed by atoms with Gasteiger partial charge in [0.1, 0.15) is 0 Å². The third kappa shape index (κ3) is 6.52. The maximum Gasteiger partial charge on any atom is 0.225 e. The maximum absolute atomic E-state index is 11.9. The molecule has 4 N–H and O–H groups in total. The van der Waals surface area contributed by atoms with Gasteiger partial charge in [0.15, 0.2) is 0 Å². The van der Waals surface area contributed by atoms with Crippen LogP contribution in [0.25, 0.3) is 0 Å². The van der Waals surface area contributed by atoms with Crippen molar-refractivity contribution in [3.05, 3.63) is 22.2 Å². The second kappa shape index (κ2) is 7.31. The zero-order chi connectivity index (χ0) is 16.2. The number of aliphatic hydroxyl groups is 1. The lowest BCUT2D eigenvalue weighted by atomic mass is 10.1. The van der Waals surface area contributed by atoms with Crippen molar-refractivity contribution in [1.29, 1.82) is 0 Å². The minimum atomic E-state index is -0.796. The van der Waals surface area contributed by atoms with Gasteiger partial charge in [-0.15, -0.1) is 0 Å². The van der Waals surface area contributed by atoms with Gasteiger partial charge in [0.05, 0.1) is 22.0 Å². The molecule has 0 fully saturated rings. The Balaban J connectivity index is 2.55. The van der Waals surface area contributed by atoms with Crippen LogP contribution in [0.2, 0.25) is 10.0 Å². The van der Waals surface area contributed by atoms with Gasteiger partial charge in [0.2, 0.25) is 5.91 Å². The van der Waals surface area contributed by atoms with Gasteiger partial charge in [-0.3, -0.25) is 4.79 Å². The predicted octanol–water partition coefficient (Wildman–Crippen LogP) is 2.61. The van der Waals surface area contributed by atoms with E-state index in [-0.39, 0.29) is 12.3 Å². The summed E-state index contributed by atoms with van der Waals surface area (Å²) in [5.74, 6) is -0.200. The molecule has 0 saturated heterocycles. The number of nitrogens with one attached hydrogen (secondary N) is 1. The Labute approximate surface area is 135 Å². The van der Waals surface area contributed by atoms with Crippen LogP contribution in [0.3, 0.4) is 0 Å². The van der Waals surface area contributed by atoms with Gasteiger partial charge in [0, 0.05) is 24.5 Å². The molecule has 0 bridgehead atoms. The monoisotopic (exact) mass is 333 g/mol. The predicted molar refractivity (Wildman–Crippen MR) is 87.9 cm³/mol. The Morgan fingerprint density at radius 3 is 2.57 bits per heavy atom. The van der Waals surface area contributed by atoms with Crippen LogP contribution < -0.4 is 11.1 Å². The highest BCUT2D eigenvalue weighted by atomic mass is 35.5. The summed E-state index contributed by atoms with van der Waals surface area (Å²) in [5, 5.41) is 13.1. The van der Waals surface area contributed by atoms with Crippen molar-refractivity contribution in [3.8, 4) is 0 Å². The smallest absolute Gasteiger partial charge is 0.225 e. The molecule has 0 saturated carbocycles. The second-order valence-electron chi connectivity index (χ2n) is 5.70.